The van der Waals surface area contributed by atoms with Crippen LogP contribution >= 0.6 is 0 Å². The largest absolute Gasteiger partial charge is 0.392 e. The molecule has 0 saturated heterocycles. The summed E-state index contributed by atoms with van der Waals surface area (Å²) in [5, 5.41) is 12.0. The van der Waals surface area contributed by atoms with Crippen molar-refractivity contribution in [1.29, 1.82) is 0 Å². The molecule has 1 aliphatic rings. The second kappa shape index (κ2) is 5.29. The number of anilines is 1. The van der Waals surface area contributed by atoms with Crippen LogP contribution in [-0.2, 0) is 11.4 Å². The maximum Gasteiger partial charge on any atom is 0.227 e. The quantitative estimate of drug-likeness (QED) is 0.736. The number of aliphatic hydroxyl groups excluding tert-OH is 1. The minimum Gasteiger partial charge on any atom is -0.392 e. The molecule has 1 amide bonds. The number of hydrogen-bond acceptors (Lipinski definition) is 3. The molecule has 17 heavy (non-hydrogen) atoms. The maximum absolute atomic E-state index is 12.0. The van der Waals surface area contributed by atoms with Gasteiger partial charge in [0, 0.05) is 23.2 Å². The number of carbonyl (C=O) groups excluding carboxylic acids is 1. The molecule has 4 nitrogen and oxygen atoms in total. The van der Waals surface area contributed by atoms with Crippen LogP contribution in [0.3, 0.4) is 0 Å². The Morgan fingerprint density at radius 1 is 1.41 bits per heavy atom. The SMILES string of the molecule is NC1CCC(C(=O)Nc2ccccc2CO)C1. The first kappa shape index (κ1) is 12.1. The molecule has 0 heterocycles. The minimum absolute atomic E-state index is 0.0109. The highest BCUT2D eigenvalue weighted by atomic mass is 16.3. The van der Waals surface area contributed by atoms with E-state index in [9.17, 15) is 4.79 Å². The van der Waals surface area contributed by atoms with E-state index >= 15 is 0 Å². The lowest BCUT2D eigenvalue weighted by Gasteiger charge is -2.13. The van der Waals surface area contributed by atoms with E-state index in [4.69, 9.17) is 10.8 Å². The van der Waals surface area contributed by atoms with Crippen LogP contribution in [0.25, 0.3) is 0 Å². The standard InChI is InChI=1S/C13H18N2O2/c14-11-6-5-9(7-11)13(17)15-12-4-2-1-3-10(12)8-16/h1-4,9,11,16H,5-8,14H2,(H,15,17). The van der Waals surface area contributed by atoms with E-state index in [1.807, 2.05) is 12.1 Å². The Morgan fingerprint density at radius 2 is 2.18 bits per heavy atom. The topological polar surface area (TPSA) is 75.4 Å². The van der Waals surface area contributed by atoms with E-state index in [1.54, 1.807) is 12.1 Å². The van der Waals surface area contributed by atoms with Crippen LogP contribution in [0.4, 0.5) is 5.69 Å². The number of carbonyl (C=O) groups is 1. The molecule has 2 atom stereocenters. The van der Waals surface area contributed by atoms with Crippen LogP contribution < -0.4 is 11.1 Å². The normalized spacial score (nSPS) is 23.6. The van der Waals surface area contributed by atoms with Crippen LogP contribution in [0, 0.1) is 5.92 Å². The number of benzene rings is 1. The first-order chi connectivity index (χ1) is 8.20. The number of hydrogen-bond donors (Lipinski definition) is 3. The number of aliphatic hydroxyl groups is 1. The van der Waals surface area contributed by atoms with Crippen molar-refractivity contribution in [2.45, 2.75) is 31.9 Å². The first-order valence-corrected chi connectivity index (χ1v) is 5.96. The van der Waals surface area contributed by atoms with Crippen molar-refractivity contribution in [2.75, 3.05) is 5.32 Å². The van der Waals surface area contributed by atoms with Crippen molar-refractivity contribution in [3.8, 4) is 0 Å². The van der Waals surface area contributed by atoms with Gasteiger partial charge in [0.05, 0.1) is 6.61 Å². The number of nitrogens with one attached hydrogen (secondary N) is 1. The summed E-state index contributed by atoms with van der Waals surface area (Å²) in [6, 6.07) is 7.44. The second-order valence-corrected chi connectivity index (χ2v) is 4.57. The molecule has 2 unspecified atom stereocenters. The fourth-order valence-corrected chi connectivity index (χ4v) is 2.27. The van der Waals surface area contributed by atoms with E-state index in [0.717, 1.165) is 24.8 Å². The molecular weight excluding hydrogens is 216 g/mol. The van der Waals surface area contributed by atoms with Crippen molar-refractivity contribution < 1.29 is 9.90 Å². The smallest absolute Gasteiger partial charge is 0.227 e. The van der Waals surface area contributed by atoms with E-state index in [2.05, 4.69) is 5.32 Å². The van der Waals surface area contributed by atoms with Crippen molar-refractivity contribution in [3.63, 3.8) is 0 Å². The summed E-state index contributed by atoms with van der Waals surface area (Å²) in [4.78, 5) is 12.0. The predicted molar refractivity (Wildman–Crippen MR) is 66.3 cm³/mol. The lowest BCUT2D eigenvalue weighted by Crippen LogP contribution is -2.23. The molecule has 1 aromatic carbocycles. The van der Waals surface area contributed by atoms with Crippen LogP contribution in [0.1, 0.15) is 24.8 Å². The molecule has 1 fully saturated rings. The molecule has 0 aromatic heterocycles. The van der Waals surface area contributed by atoms with E-state index in [-0.39, 0.29) is 24.5 Å². The highest BCUT2D eigenvalue weighted by molar-refractivity contribution is 5.93. The fraction of sp³-hybridized carbons (Fsp3) is 0.462. The van der Waals surface area contributed by atoms with E-state index in [0.29, 0.717) is 5.69 Å². The summed E-state index contributed by atoms with van der Waals surface area (Å²) in [5.41, 5.74) is 7.23. The molecule has 4 N–H and O–H groups in total. The Morgan fingerprint density at radius 3 is 2.82 bits per heavy atom. The van der Waals surface area contributed by atoms with Gasteiger partial charge in [-0.15, -0.1) is 0 Å². The zero-order valence-electron chi connectivity index (χ0n) is 9.73. The van der Waals surface area contributed by atoms with Crippen LogP contribution in [-0.4, -0.2) is 17.1 Å². The molecule has 0 aliphatic heterocycles. The molecule has 4 heteroatoms. The van der Waals surface area contributed by atoms with Gasteiger partial charge in [0.2, 0.25) is 5.91 Å². The molecule has 1 aliphatic carbocycles. The average Bonchev–Trinajstić information content (AvgIpc) is 2.77. The Kier molecular flexibility index (Phi) is 3.76. The average molecular weight is 234 g/mol. The zero-order valence-corrected chi connectivity index (χ0v) is 9.73. The third-order valence-corrected chi connectivity index (χ3v) is 3.29. The third-order valence-electron chi connectivity index (χ3n) is 3.29. The van der Waals surface area contributed by atoms with Gasteiger partial charge in [-0.3, -0.25) is 4.79 Å². The van der Waals surface area contributed by atoms with Crippen LogP contribution in [0.15, 0.2) is 24.3 Å². The summed E-state index contributed by atoms with van der Waals surface area (Å²) in [7, 11) is 0. The molecule has 0 radical (unpaired) electrons. The minimum atomic E-state index is -0.0688. The van der Waals surface area contributed by atoms with Gasteiger partial charge in [0.25, 0.3) is 0 Å². The van der Waals surface area contributed by atoms with Crippen molar-refractivity contribution in [2.24, 2.45) is 11.7 Å². The summed E-state index contributed by atoms with van der Waals surface area (Å²) >= 11 is 0. The number of amides is 1. The van der Waals surface area contributed by atoms with Crippen LogP contribution in [0.2, 0.25) is 0 Å². The monoisotopic (exact) mass is 234 g/mol. The Balaban J connectivity index is 2.03. The van der Waals surface area contributed by atoms with Gasteiger partial charge in [-0.05, 0) is 25.3 Å². The van der Waals surface area contributed by atoms with Gasteiger partial charge < -0.3 is 16.2 Å². The van der Waals surface area contributed by atoms with Gasteiger partial charge in [0.1, 0.15) is 0 Å². The lowest BCUT2D eigenvalue weighted by atomic mass is 10.1. The van der Waals surface area contributed by atoms with Crippen LogP contribution in [0.5, 0.6) is 0 Å². The highest BCUT2D eigenvalue weighted by Crippen LogP contribution is 2.26. The van der Waals surface area contributed by atoms with Crippen molar-refractivity contribution >= 4 is 11.6 Å². The van der Waals surface area contributed by atoms with Crippen molar-refractivity contribution in [3.05, 3.63) is 29.8 Å². The Bertz CT molecular complexity index is 406. The molecule has 92 valence electrons. The summed E-state index contributed by atoms with van der Waals surface area (Å²) in [6.07, 6.45) is 2.53. The highest BCUT2D eigenvalue weighted by Gasteiger charge is 2.27. The van der Waals surface area contributed by atoms with E-state index < -0.39 is 0 Å². The van der Waals surface area contributed by atoms with Gasteiger partial charge in [-0.25, -0.2) is 0 Å². The van der Waals surface area contributed by atoms with Gasteiger partial charge in [-0.2, -0.15) is 0 Å². The molecule has 1 saturated carbocycles. The Labute approximate surface area is 101 Å². The van der Waals surface area contributed by atoms with Crippen molar-refractivity contribution in [1.82, 2.24) is 0 Å². The lowest BCUT2D eigenvalue weighted by molar-refractivity contribution is -0.119. The summed E-state index contributed by atoms with van der Waals surface area (Å²) < 4.78 is 0. The maximum atomic E-state index is 12.0. The second-order valence-electron chi connectivity index (χ2n) is 4.57. The van der Waals surface area contributed by atoms with Gasteiger partial charge in [-0.1, -0.05) is 18.2 Å². The Hall–Kier alpha value is -1.39. The number of rotatable bonds is 3. The number of para-hydroxylation sites is 1. The van der Waals surface area contributed by atoms with Gasteiger partial charge in [0.15, 0.2) is 0 Å². The fourth-order valence-electron chi connectivity index (χ4n) is 2.27. The molecule has 0 bridgehead atoms. The molecular formula is C13H18N2O2. The number of nitrogens with two attached hydrogens (primary N) is 1. The first-order valence-electron chi connectivity index (χ1n) is 5.96. The predicted octanol–water partition coefficient (Wildman–Crippen LogP) is 1.24. The van der Waals surface area contributed by atoms with E-state index in [1.165, 1.54) is 0 Å². The molecule has 0 spiro atoms. The summed E-state index contributed by atoms with van der Waals surface area (Å²) in [6.45, 7) is -0.0688. The third kappa shape index (κ3) is 2.84. The molecule has 2 rings (SSSR count). The zero-order chi connectivity index (χ0) is 12.3. The van der Waals surface area contributed by atoms with Gasteiger partial charge >= 0.3 is 0 Å². The molecule has 1 aromatic rings. The summed E-state index contributed by atoms with van der Waals surface area (Å²) in [5.74, 6) is 0.0237.